The maximum atomic E-state index is 12.5. The number of pyridine rings is 1. The van der Waals surface area contributed by atoms with Crippen LogP contribution in [0.5, 0.6) is 0 Å². The fourth-order valence-corrected chi connectivity index (χ4v) is 0.978. The summed E-state index contributed by atoms with van der Waals surface area (Å²) in [6, 6.07) is 2.96. The summed E-state index contributed by atoms with van der Waals surface area (Å²) >= 11 is 0. The number of anilines is 1. The van der Waals surface area contributed by atoms with Gasteiger partial charge in [-0.3, -0.25) is 0 Å². The van der Waals surface area contributed by atoms with Gasteiger partial charge in [-0.05, 0) is 19.1 Å². The predicted octanol–water partition coefficient (Wildman–Crippen LogP) is 2.23. The molecule has 1 aromatic rings. The molecular weight excluding hydrogens is 195 g/mol. The number of hydrogen-bond acceptors (Lipinski definition) is 3. The molecule has 0 saturated carbocycles. The van der Waals surface area contributed by atoms with Crippen LogP contribution in [0.1, 0.15) is 6.92 Å². The Morgan fingerprint density at radius 1 is 1.60 bits per heavy atom. The molecule has 0 aromatic carbocycles. The van der Waals surface area contributed by atoms with E-state index in [2.05, 4.69) is 16.9 Å². The van der Waals surface area contributed by atoms with E-state index in [1.807, 2.05) is 6.92 Å². The van der Waals surface area contributed by atoms with Crippen molar-refractivity contribution in [2.75, 3.05) is 25.1 Å². The molecule has 1 heterocycles. The number of ether oxygens (including phenoxy) is 1. The van der Waals surface area contributed by atoms with Crippen LogP contribution in [-0.2, 0) is 4.74 Å². The van der Waals surface area contributed by atoms with E-state index in [4.69, 9.17) is 4.74 Å². The van der Waals surface area contributed by atoms with Crippen LogP contribution in [0.25, 0.3) is 0 Å². The lowest BCUT2D eigenvalue weighted by molar-refractivity contribution is 0.167. The van der Waals surface area contributed by atoms with E-state index < -0.39 is 0 Å². The number of halogens is 1. The molecular formula is C11H15FN2O. The number of hydrogen-bond donors (Lipinski definition) is 1. The van der Waals surface area contributed by atoms with Crippen molar-refractivity contribution in [2.45, 2.75) is 6.92 Å². The minimum absolute atomic E-state index is 0.334. The first-order chi connectivity index (χ1) is 7.18. The summed E-state index contributed by atoms with van der Waals surface area (Å²) in [7, 11) is 0. The molecule has 0 fully saturated rings. The average molecular weight is 210 g/mol. The minimum atomic E-state index is -0.334. The van der Waals surface area contributed by atoms with Gasteiger partial charge in [-0.2, -0.15) is 0 Å². The van der Waals surface area contributed by atoms with Gasteiger partial charge in [0.05, 0.1) is 19.4 Å². The third-order valence-corrected chi connectivity index (χ3v) is 1.63. The third-order valence-electron chi connectivity index (χ3n) is 1.63. The molecule has 1 aromatic heterocycles. The topological polar surface area (TPSA) is 34.1 Å². The van der Waals surface area contributed by atoms with Crippen molar-refractivity contribution < 1.29 is 9.13 Å². The maximum Gasteiger partial charge on any atom is 0.141 e. The van der Waals surface area contributed by atoms with Crippen LogP contribution in [0, 0.1) is 5.82 Å². The molecule has 0 aliphatic heterocycles. The third kappa shape index (κ3) is 5.12. The SMILES string of the molecule is C=C(C)COCCNc1ccc(F)cn1. The van der Waals surface area contributed by atoms with Crippen molar-refractivity contribution in [1.82, 2.24) is 4.98 Å². The highest BCUT2D eigenvalue weighted by Gasteiger charge is 1.94. The fraction of sp³-hybridized carbons (Fsp3) is 0.364. The first kappa shape index (κ1) is 11.7. The van der Waals surface area contributed by atoms with Gasteiger partial charge in [-0.25, -0.2) is 9.37 Å². The second-order valence-corrected chi connectivity index (χ2v) is 3.30. The summed E-state index contributed by atoms with van der Waals surface area (Å²) in [5.41, 5.74) is 0.995. The number of nitrogens with one attached hydrogen (secondary N) is 1. The van der Waals surface area contributed by atoms with Gasteiger partial charge in [0.15, 0.2) is 0 Å². The Hall–Kier alpha value is -1.42. The van der Waals surface area contributed by atoms with Gasteiger partial charge < -0.3 is 10.1 Å². The lowest BCUT2D eigenvalue weighted by Gasteiger charge is -2.06. The Kier molecular flexibility index (Phi) is 4.77. The van der Waals surface area contributed by atoms with Crippen LogP contribution in [0.4, 0.5) is 10.2 Å². The van der Waals surface area contributed by atoms with E-state index in [0.717, 1.165) is 5.57 Å². The lowest BCUT2D eigenvalue weighted by atomic mass is 10.4. The van der Waals surface area contributed by atoms with E-state index in [-0.39, 0.29) is 5.82 Å². The second-order valence-electron chi connectivity index (χ2n) is 3.30. The molecule has 0 unspecified atom stereocenters. The summed E-state index contributed by atoms with van der Waals surface area (Å²) in [5, 5.41) is 3.01. The zero-order valence-electron chi connectivity index (χ0n) is 8.79. The van der Waals surface area contributed by atoms with Crippen molar-refractivity contribution in [3.05, 3.63) is 36.3 Å². The molecule has 0 spiro atoms. The van der Waals surface area contributed by atoms with E-state index in [0.29, 0.717) is 25.6 Å². The van der Waals surface area contributed by atoms with Gasteiger partial charge in [-0.15, -0.1) is 0 Å². The summed E-state index contributed by atoms with van der Waals surface area (Å²) in [6.07, 6.45) is 1.18. The lowest BCUT2D eigenvalue weighted by Crippen LogP contribution is -2.11. The Morgan fingerprint density at radius 2 is 2.40 bits per heavy atom. The number of aromatic nitrogens is 1. The van der Waals surface area contributed by atoms with Crippen LogP contribution in [-0.4, -0.2) is 24.7 Å². The molecule has 0 amide bonds. The van der Waals surface area contributed by atoms with Crippen LogP contribution < -0.4 is 5.32 Å². The maximum absolute atomic E-state index is 12.5. The molecule has 0 aliphatic rings. The molecule has 4 heteroatoms. The zero-order chi connectivity index (χ0) is 11.1. The molecule has 82 valence electrons. The van der Waals surface area contributed by atoms with E-state index in [1.54, 1.807) is 6.07 Å². The summed E-state index contributed by atoms with van der Waals surface area (Å²) in [5.74, 6) is 0.314. The quantitative estimate of drug-likeness (QED) is 0.577. The van der Waals surface area contributed by atoms with Crippen LogP contribution >= 0.6 is 0 Å². The highest BCUT2D eigenvalue weighted by atomic mass is 19.1. The van der Waals surface area contributed by atoms with Crippen LogP contribution in [0.3, 0.4) is 0 Å². The summed E-state index contributed by atoms with van der Waals surface area (Å²) in [4.78, 5) is 3.85. The number of rotatable bonds is 6. The highest BCUT2D eigenvalue weighted by Crippen LogP contribution is 2.02. The molecule has 0 radical (unpaired) electrons. The van der Waals surface area contributed by atoms with Crippen molar-refractivity contribution in [1.29, 1.82) is 0 Å². The first-order valence-electron chi connectivity index (χ1n) is 4.76. The normalized spacial score (nSPS) is 10.0. The standard InChI is InChI=1S/C11H15FN2O/c1-9(2)8-15-6-5-13-11-4-3-10(12)7-14-11/h3-4,7H,1,5-6,8H2,2H3,(H,13,14). The molecule has 0 atom stereocenters. The minimum Gasteiger partial charge on any atom is -0.375 e. The van der Waals surface area contributed by atoms with Crippen molar-refractivity contribution in [2.24, 2.45) is 0 Å². The van der Waals surface area contributed by atoms with E-state index >= 15 is 0 Å². The Bertz CT molecular complexity index is 311. The van der Waals surface area contributed by atoms with Gasteiger partial charge in [0.2, 0.25) is 0 Å². The largest absolute Gasteiger partial charge is 0.375 e. The Morgan fingerprint density at radius 3 is 3.00 bits per heavy atom. The van der Waals surface area contributed by atoms with E-state index in [9.17, 15) is 4.39 Å². The molecule has 3 nitrogen and oxygen atoms in total. The second kappa shape index (κ2) is 6.14. The van der Waals surface area contributed by atoms with Gasteiger partial charge in [0.1, 0.15) is 11.6 Å². The predicted molar refractivity (Wildman–Crippen MR) is 58.3 cm³/mol. The molecule has 1 rings (SSSR count). The average Bonchev–Trinajstić information content (AvgIpc) is 2.20. The van der Waals surface area contributed by atoms with Gasteiger partial charge in [0, 0.05) is 6.54 Å². The van der Waals surface area contributed by atoms with E-state index in [1.165, 1.54) is 12.3 Å². The fourth-order valence-electron chi connectivity index (χ4n) is 0.978. The highest BCUT2D eigenvalue weighted by molar-refractivity contribution is 5.33. The van der Waals surface area contributed by atoms with Crippen molar-refractivity contribution in [3.8, 4) is 0 Å². The molecule has 15 heavy (non-hydrogen) atoms. The Labute approximate surface area is 89.0 Å². The molecule has 0 bridgehead atoms. The molecule has 0 aliphatic carbocycles. The van der Waals surface area contributed by atoms with Crippen molar-refractivity contribution in [3.63, 3.8) is 0 Å². The van der Waals surface area contributed by atoms with Crippen LogP contribution in [0.2, 0.25) is 0 Å². The Balaban J connectivity index is 2.15. The molecule has 0 saturated heterocycles. The zero-order valence-corrected chi connectivity index (χ0v) is 8.79. The molecule has 1 N–H and O–H groups in total. The van der Waals surface area contributed by atoms with Crippen molar-refractivity contribution >= 4 is 5.82 Å². The van der Waals surface area contributed by atoms with Gasteiger partial charge in [-0.1, -0.05) is 12.2 Å². The van der Waals surface area contributed by atoms with Crippen LogP contribution in [0.15, 0.2) is 30.5 Å². The first-order valence-corrected chi connectivity index (χ1v) is 4.76. The number of nitrogens with zero attached hydrogens (tertiary/aromatic N) is 1. The monoisotopic (exact) mass is 210 g/mol. The smallest absolute Gasteiger partial charge is 0.141 e. The summed E-state index contributed by atoms with van der Waals surface area (Å²) in [6.45, 7) is 7.42. The summed E-state index contributed by atoms with van der Waals surface area (Å²) < 4.78 is 17.8. The van der Waals surface area contributed by atoms with Gasteiger partial charge >= 0.3 is 0 Å². The van der Waals surface area contributed by atoms with Gasteiger partial charge in [0.25, 0.3) is 0 Å².